The summed E-state index contributed by atoms with van der Waals surface area (Å²) in [7, 11) is 2.33. The molecule has 0 saturated heterocycles. The molecule has 1 N–H and O–H groups in total. The van der Waals surface area contributed by atoms with Gasteiger partial charge in [-0.15, -0.1) is 0 Å². The first kappa shape index (κ1) is 16.9. The van der Waals surface area contributed by atoms with Crippen LogP contribution in [0.3, 0.4) is 0 Å². The molecular formula is C15H13N3O6. The Morgan fingerprint density at radius 1 is 1.12 bits per heavy atom. The topological polar surface area (TPSA) is 121 Å². The van der Waals surface area contributed by atoms with E-state index in [1.54, 1.807) is 6.07 Å². The number of nitro benzene ring substituents is 1. The fourth-order valence-electron chi connectivity index (χ4n) is 1.99. The first-order chi connectivity index (χ1) is 11.5. The molecule has 0 radical (unpaired) electrons. The Hall–Kier alpha value is -3.49. The van der Waals surface area contributed by atoms with Crippen molar-refractivity contribution >= 4 is 29.0 Å². The quantitative estimate of drug-likeness (QED) is 0.503. The van der Waals surface area contributed by atoms with Crippen LogP contribution in [0.4, 0.5) is 17.1 Å². The van der Waals surface area contributed by atoms with Gasteiger partial charge in [0.1, 0.15) is 5.69 Å². The third kappa shape index (κ3) is 3.29. The second-order valence-corrected chi connectivity index (χ2v) is 4.46. The highest BCUT2D eigenvalue weighted by Crippen LogP contribution is 2.30. The maximum Gasteiger partial charge on any atom is 0.358 e. The van der Waals surface area contributed by atoms with Gasteiger partial charge in [0.2, 0.25) is 0 Å². The molecular weight excluding hydrogens is 318 g/mol. The van der Waals surface area contributed by atoms with Crippen LogP contribution < -0.4 is 5.32 Å². The SMILES string of the molecule is COC(=O)c1ccnc(C(=O)OC)c1Nc1ccccc1[N+](=O)[O-]. The number of hydrogen-bond acceptors (Lipinski definition) is 8. The number of aromatic nitrogens is 1. The molecule has 0 aliphatic carbocycles. The minimum Gasteiger partial charge on any atom is -0.465 e. The number of nitro groups is 1. The lowest BCUT2D eigenvalue weighted by Gasteiger charge is -2.13. The van der Waals surface area contributed by atoms with Crippen molar-refractivity contribution < 1.29 is 24.0 Å². The van der Waals surface area contributed by atoms with Gasteiger partial charge < -0.3 is 14.8 Å². The second-order valence-electron chi connectivity index (χ2n) is 4.46. The smallest absolute Gasteiger partial charge is 0.358 e. The van der Waals surface area contributed by atoms with Gasteiger partial charge in [0.05, 0.1) is 30.4 Å². The monoisotopic (exact) mass is 331 g/mol. The van der Waals surface area contributed by atoms with Crippen LogP contribution in [0.5, 0.6) is 0 Å². The van der Waals surface area contributed by atoms with Gasteiger partial charge in [-0.25, -0.2) is 14.6 Å². The van der Waals surface area contributed by atoms with Crippen LogP contribution >= 0.6 is 0 Å². The summed E-state index contributed by atoms with van der Waals surface area (Å²) in [6.07, 6.45) is 1.24. The van der Waals surface area contributed by atoms with Crippen molar-refractivity contribution in [1.82, 2.24) is 4.98 Å². The van der Waals surface area contributed by atoms with Crippen molar-refractivity contribution in [3.8, 4) is 0 Å². The maximum atomic E-state index is 11.9. The van der Waals surface area contributed by atoms with Gasteiger partial charge in [0.15, 0.2) is 5.69 Å². The number of carbonyl (C=O) groups excluding carboxylic acids is 2. The van der Waals surface area contributed by atoms with Gasteiger partial charge in [-0.3, -0.25) is 10.1 Å². The normalized spacial score (nSPS) is 9.92. The largest absolute Gasteiger partial charge is 0.465 e. The van der Waals surface area contributed by atoms with Crippen molar-refractivity contribution in [2.75, 3.05) is 19.5 Å². The fraction of sp³-hybridized carbons (Fsp3) is 0.133. The van der Waals surface area contributed by atoms with Gasteiger partial charge in [0.25, 0.3) is 5.69 Å². The number of para-hydroxylation sites is 2. The summed E-state index contributed by atoms with van der Waals surface area (Å²) in [5.41, 5.74) is -0.381. The Morgan fingerprint density at radius 2 is 1.79 bits per heavy atom. The molecule has 1 aromatic carbocycles. The molecule has 0 fully saturated rings. The van der Waals surface area contributed by atoms with Crippen LogP contribution in [0.15, 0.2) is 36.5 Å². The molecule has 0 amide bonds. The zero-order valence-corrected chi connectivity index (χ0v) is 12.8. The minimum atomic E-state index is -0.804. The van der Waals surface area contributed by atoms with E-state index >= 15 is 0 Å². The second kappa shape index (κ2) is 7.18. The standard InChI is InChI=1S/C15H13N3O6/c1-23-14(19)9-7-8-16-13(15(20)24-2)12(9)17-10-5-3-4-6-11(10)18(21)22/h3-8,17H,1-2H3. The Morgan fingerprint density at radius 3 is 2.42 bits per heavy atom. The average Bonchev–Trinajstić information content (AvgIpc) is 2.60. The molecule has 2 aromatic rings. The third-order valence-corrected chi connectivity index (χ3v) is 3.10. The van der Waals surface area contributed by atoms with Gasteiger partial charge in [-0.1, -0.05) is 12.1 Å². The molecule has 1 heterocycles. The molecule has 1 aromatic heterocycles. The van der Waals surface area contributed by atoms with E-state index in [0.717, 1.165) is 7.11 Å². The molecule has 9 heteroatoms. The molecule has 2 rings (SSSR count). The zero-order chi connectivity index (χ0) is 17.7. The first-order valence-corrected chi connectivity index (χ1v) is 6.65. The number of nitrogens with zero attached hydrogens (tertiary/aromatic N) is 2. The molecule has 0 saturated carbocycles. The van der Waals surface area contributed by atoms with Crippen molar-refractivity contribution in [2.45, 2.75) is 0 Å². The zero-order valence-electron chi connectivity index (χ0n) is 12.8. The molecule has 24 heavy (non-hydrogen) atoms. The number of pyridine rings is 1. The highest BCUT2D eigenvalue weighted by Gasteiger charge is 2.24. The van der Waals surface area contributed by atoms with Crippen molar-refractivity contribution in [2.24, 2.45) is 0 Å². The van der Waals surface area contributed by atoms with Crippen LogP contribution in [-0.4, -0.2) is 36.1 Å². The lowest BCUT2D eigenvalue weighted by Crippen LogP contribution is -2.14. The number of esters is 2. The van der Waals surface area contributed by atoms with Gasteiger partial charge in [-0.2, -0.15) is 0 Å². The van der Waals surface area contributed by atoms with E-state index in [2.05, 4.69) is 19.8 Å². The number of rotatable bonds is 5. The van der Waals surface area contributed by atoms with Crippen LogP contribution in [0.2, 0.25) is 0 Å². The molecule has 0 aliphatic heterocycles. The molecule has 9 nitrogen and oxygen atoms in total. The summed E-state index contributed by atoms with van der Waals surface area (Å²) >= 11 is 0. The van der Waals surface area contributed by atoms with Crippen LogP contribution in [0, 0.1) is 10.1 Å². The molecule has 0 bridgehead atoms. The summed E-state index contributed by atoms with van der Waals surface area (Å²) in [4.78, 5) is 38.2. The lowest BCUT2D eigenvalue weighted by molar-refractivity contribution is -0.383. The van der Waals surface area contributed by atoms with Crippen molar-refractivity contribution in [3.63, 3.8) is 0 Å². The first-order valence-electron chi connectivity index (χ1n) is 6.65. The summed E-state index contributed by atoms with van der Waals surface area (Å²) in [6, 6.07) is 7.12. The van der Waals surface area contributed by atoms with Crippen molar-refractivity contribution in [3.05, 3.63) is 57.9 Å². The van der Waals surface area contributed by atoms with E-state index in [-0.39, 0.29) is 28.3 Å². The van der Waals surface area contributed by atoms with Crippen LogP contribution in [0.25, 0.3) is 0 Å². The molecule has 124 valence electrons. The van der Waals surface area contributed by atoms with Crippen LogP contribution in [-0.2, 0) is 9.47 Å². The summed E-state index contributed by atoms with van der Waals surface area (Å²) in [5.74, 6) is -1.54. The van der Waals surface area contributed by atoms with Gasteiger partial charge in [0, 0.05) is 12.3 Å². The number of hydrogen-bond donors (Lipinski definition) is 1. The predicted molar refractivity (Wildman–Crippen MR) is 83.3 cm³/mol. The Bertz CT molecular complexity index is 771. The molecule has 0 atom stereocenters. The number of carbonyl (C=O) groups is 2. The Balaban J connectivity index is 2.62. The van der Waals surface area contributed by atoms with E-state index in [9.17, 15) is 19.7 Å². The van der Waals surface area contributed by atoms with E-state index in [1.165, 1.54) is 37.6 Å². The Kier molecular flexibility index (Phi) is 5.05. The van der Waals surface area contributed by atoms with Crippen LogP contribution in [0.1, 0.15) is 20.8 Å². The van der Waals surface area contributed by atoms with E-state index in [0.29, 0.717) is 0 Å². The highest BCUT2D eigenvalue weighted by atomic mass is 16.6. The molecule has 0 unspecified atom stereocenters. The molecule has 0 aliphatic rings. The summed E-state index contributed by atoms with van der Waals surface area (Å²) < 4.78 is 9.30. The van der Waals surface area contributed by atoms with Gasteiger partial charge in [-0.05, 0) is 12.1 Å². The highest BCUT2D eigenvalue weighted by molar-refractivity contribution is 6.04. The summed E-state index contributed by atoms with van der Waals surface area (Å²) in [6.45, 7) is 0. The number of ether oxygens (including phenoxy) is 2. The summed E-state index contributed by atoms with van der Waals surface area (Å²) in [5, 5.41) is 13.8. The number of benzene rings is 1. The van der Waals surface area contributed by atoms with Crippen molar-refractivity contribution in [1.29, 1.82) is 0 Å². The fourth-order valence-corrected chi connectivity index (χ4v) is 1.99. The molecule has 0 spiro atoms. The number of methoxy groups -OCH3 is 2. The van der Waals surface area contributed by atoms with E-state index < -0.39 is 16.9 Å². The minimum absolute atomic E-state index is 0.00829. The van der Waals surface area contributed by atoms with E-state index in [1.807, 2.05) is 0 Å². The number of anilines is 2. The van der Waals surface area contributed by atoms with E-state index in [4.69, 9.17) is 0 Å². The average molecular weight is 331 g/mol. The maximum absolute atomic E-state index is 11.9. The Labute approximate surface area is 136 Å². The van der Waals surface area contributed by atoms with Gasteiger partial charge >= 0.3 is 11.9 Å². The predicted octanol–water partition coefficient (Wildman–Crippen LogP) is 2.31. The lowest BCUT2D eigenvalue weighted by atomic mass is 10.1. The third-order valence-electron chi connectivity index (χ3n) is 3.10. The number of nitrogens with one attached hydrogen (secondary N) is 1.